The lowest BCUT2D eigenvalue weighted by atomic mass is 9.90. The monoisotopic (exact) mass is 382 g/mol. The van der Waals surface area contributed by atoms with Gasteiger partial charge in [0.25, 0.3) is 0 Å². The number of piperidine rings is 1. The maximum atomic E-state index is 12.6. The molecule has 3 heterocycles. The Balaban J connectivity index is 1.42. The molecule has 1 aromatic heterocycles. The number of ether oxygens (including phenoxy) is 2. The van der Waals surface area contributed by atoms with Crippen LogP contribution in [0.15, 0.2) is 24.4 Å². The zero-order chi connectivity index (χ0) is 19.7. The van der Waals surface area contributed by atoms with E-state index < -0.39 is 5.60 Å². The van der Waals surface area contributed by atoms with Gasteiger partial charge in [0, 0.05) is 29.8 Å². The summed E-state index contributed by atoms with van der Waals surface area (Å²) in [7, 11) is 1.71. The molecule has 0 radical (unpaired) electrons. The van der Waals surface area contributed by atoms with Gasteiger partial charge in [0.2, 0.25) is 0 Å². The van der Waals surface area contributed by atoms with Crippen molar-refractivity contribution >= 4 is 16.6 Å². The Morgan fingerprint density at radius 2 is 2.14 bits per heavy atom. The van der Waals surface area contributed by atoms with Crippen LogP contribution in [-0.4, -0.2) is 54.6 Å². The summed E-state index contributed by atoms with van der Waals surface area (Å²) in [4.78, 5) is 19.7. The standard InChI is InChI=1S/C23H30N2O3/c1-16-19-13-20(24-14-18(19)5-6-21(16)27-3)17-7-10-25(11-8-17)15-22(26)23(2)9-4-12-28-23/h5-6,13-14,17H,4,7-12,15H2,1-3H3/t23-/m0/s1. The number of aromatic nitrogens is 1. The van der Waals surface area contributed by atoms with Gasteiger partial charge >= 0.3 is 0 Å². The third kappa shape index (κ3) is 3.65. The van der Waals surface area contributed by atoms with Crippen molar-refractivity contribution in [3.8, 4) is 5.75 Å². The normalized spacial score (nSPS) is 24.0. The summed E-state index contributed by atoms with van der Waals surface area (Å²) in [6, 6.07) is 6.30. The lowest BCUT2D eigenvalue weighted by molar-refractivity contribution is -0.138. The Morgan fingerprint density at radius 3 is 2.82 bits per heavy atom. The summed E-state index contributed by atoms with van der Waals surface area (Å²) < 4.78 is 11.2. The topological polar surface area (TPSA) is 51.7 Å². The SMILES string of the molecule is COc1ccc2cnc(C3CCN(CC(=O)[C@]4(C)CCCO4)CC3)cc2c1C. The molecular weight excluding hydrogens is 352 g/mol. The van der Waals surface area contributed by atoms with E-state index >= 15 is 0 Å². The van der Waals surface area contributed by atoms with E-state index in [9.17, 15) is 4.79 Å². The fourth-order valence-corrected chi connectivity index (χ4v) is 4.56. The summed E-state index contributed by atoms with van der Waals surface area (Å²) >= 11 is 0. The van der Waals surface area contributed by atoms with Gasteiger partial charge in [0.05, 0.1) is 13.7 Å². The maximum Gasteiger partial charge on any atom is 0.178 e. The molecule has 28 heavy (non-hydrogen) atoms. The van der Waals surface area contributed by atoms with Crippen LogP contribution in [0.25, 0.3) is 10.8 Å². The average molecular weight is 383 g/mol. The Labute approximate surface area is 167 Å². The number of hydrogen-bond donors (Lipinski definition) is 0. The summed E-state index contributed by atoms with van der Waals surface area (Å²) in [6.45, 7) is 7.13. The molecule has 5 heteroatoms. The molecular formula is C23H30N2O3. The number of benzene rings is 1. The van der Waals surface area contributed by atoms with Gasteiger partial charge in [0.15, 0.2) is 5.78 Å². The van der Waals surface area contributed by atoms with E-state index in [2.05, 4.69) is 24.0 Å². The minimum absolute atomic E-state index is 0.231. The number of likely N-dealkylation sites (tertiary alicyclic amines) is 1. The van der Waals surface area contributed by atoms with Crippen LogP contribution < -0.4 is 4.74 Å². The molecule has 1 aromatic carbocycles. The minimum Gasteiger partial charge on any atom is -0.496 e. The predicted octanol–water partition coefficient (Wildman–Crippen LogP) is 3.87. The van der Waals surface area contributed by atoms with E-state index in [1.807, 2.05) is 19.2 Å². The molecule has 0 aliphatic carbocycles. The second-order valence-corrected chi connectivity index (χ2v) is 8.38. The first-order valence-corrected chi connectivity index (χ1v) is 10.3. The van der Waals surface area contributed by atoms with Gasteiger partial charge in [-0.25, -0.2) is 0 Å². The number of ketones is 1. The van der Waals surface area contributed by atoms with Crippen molar-refractivity contribution in [2.45, 2.75) is 51.0 Å². The quantitative estimate of drug-likeness (QED) is 0.786. The predicted molar refractivity (Wildman–Crippen MR) is 110 cm³/mol. The van der Waals surface area contributed by atoms with E-state index in [0.717, 1.165) is 61.2 Å². The molecule has 0 bridgehead atoms. The number of hydrogen-bond acceptors (Lipinski definition) is 5. The highest BCUT2D eigenvalue weighted by Gasteiger charge is 2.38. The Hall–Kier alpha value is -1.98. The zero-order valence-electron chi connectivity index (χ0n) is 17.2. The number of Topliss-reactive ketones (excluding diaryl/α,β-unsaturated/α-hetero) is 1. The maximum absolute atomic E-state index is 12.6. The number of rotatable bonds is 5. The number of fused-ring (bicyclic) bond motifs is 1. The average Bonchev–Trinajstić information content (AvgIpc) is 3.17. The van der Waals surface area contributed by atoms with Crippen molar-refractivity contribution in [1.29, 1.82) is 0 Å². The van der Waals surface area contributed by atoms with Gasteiger partial charge in [-0.05, 0) is 81.8 Å². The fraction of sp³-hybridized carbons (Fsp3) is 0.565. The van der Waals surface area contributed by atoms with Crippen LogP contribution in [0.1, 0.15) is 49.8 Å². The molecule has 0 N–H and O–H groups in total. The lowest BCUT2D eigenvalue weighted by Crippen LogP contribution is -2.45. The third-order valence-electron chi connectivity index (χ3n) is 6.55. The van der Waals surface area contributed by atoms with E-state index in [-0.39, 0.29) is 5.78 Å². The molecule has 0 spiro atoms. The Bertz CT molecular complexity index is 866. The highest BCUT2D eigenvalue weighted by atomic mass is 16.5. The van der Waals surface area contributed by atoms with Crippen molar-refractivity contribution in [3.63, 3.8) is 0 Å². The second-order valence-electron chi connectivity index (χ2n) is 8.38. The van der Waals surface area contributed by atoms with Crippen LogP contribution in [0, 0.1) is 6.92 Å². The number of pyridine rings is 1. The highest BCUT2D eigenvalue weighted by molar-refractivity contribution is 5.89. The van der Waals surface area contributed by atoms with Crippen LogP contribution in [0.4, 0.5) is 0 Å². The van der Waals surface area contributed by atoms with Gasteiger partial charge in [-0.15, -0.1) is 0 Å². The molecule has 2 aliphatic heterocycles. The molecule has 4 rings (SSSR count). The second kappa shape index (κ2) is 7.80. The minimum atomic E-state index is -0.562. The fourth-order valence-electron chi connectivity index (χ4n) is 4.56. The number of nitrogens with zero attached hydrogens (tertiary/aromatic N) is 2. The van der Waals surface area contributed by atoms with E-state index in [4.69, 9.17) is 14.5 Å². The summed E-state index contributed by atoms with van der Waals surface area (Å²) in [6.07, 6.45) is 5.89. The largest absolute Gasteiger partial charge is 0.496 e. The molecule has 2 aliphatic rings. The summed E-state index contributed by atoms with van der Waals surface area (Å²) in [5.74, 6) is 1.59. The lowest BCUT2D eigenvalue weighted by Gasteiger charge is -2.33. The van der Waals surface area contributed by atoms with Crippen molar-refractivity contribution in [2.75, 3.05) is 33.4 Å². The van der Waals surface area contributed by atoms with Gasteiger partial charge in [-0.3, -0.25) is 14.7 Å². The zero-order valence-corrected chi connectivity index (χ0v) is 17.2. The smallest absolute Gasteiger partial charge is 0.178 e. The molecule has 0 saturated carbocycles. The molecule has 2 saturated heterocycles. The van der Waals surface area contributed by atoms with Crippen LogP contribution in [0.5, 0.6) is 5.75 Å². The third-order valence-corrected chi connectivity index (χ3v) is 6.55. The number of carbonyl (C=O) groups is 1. The van der Waals surface area contributed by atoms with Gasteiger partial charge in [0.1, 0.15) is 11.4 Å². The molecule has 5 nitrogen and oxygen atoms in total. The van der Waals surface area contributed by atoms with Crippen LogP contribution in [0.2, 0.25) is 0 Å². The highest BCUT2D eigenvalue weighted by Crippen LogP contribution is 2.33. The summed E-state index contributed by atoms with van der Waals surface area (Å²) in [5.41, 5.74) is 1.75. The van der Waals surface area contributed by atoms with Crippen molar-refractivity contribution in [1.82, 2.24) is 9.88 Å². The Kier molecular flexibility index (Phi) is 5.39. The molecule has 0 unspecified atom stereocenters. The number of aryl methyl sites for hydroxylation is 1. The molecule has 2 aromatic rings. The van der Waals surface area contributed by atoms with E-state index in [0.29, 0.717) is 19.1 Å². The molecule has 150 valence electrons. The molecule has 0 amide bonds. The molecule has 2 fully saturated rings. The van der Waals surface area contributed by atoms with E-state index in [1.165, 1.54) is 5.39 Å². The van der Waals surface area contributed by atoms with E-state index in [1.54, 1.807) is 7.11 Å². The number of methoxy groups -OCH3 is 1. The first-order chi connectivity index (χ1) is 13.5. The molecule has 1 atom stereocenters. The van der Waals surface area contributed by atoms with Crippen molar-refractivity contribution in [2.24, 2.45) is 0 Å². The van der Waals surface area contributed by atoms with Crippen LogP contribution in [0.3, 0.4) is 0 Å². The summed E-state index contributed by atoms with van der Waals surface area (Å²) in [5, 5.41) is 2.36. The Morgan fingerprint density at radius 1 is 1.36 bits per heavy atom. The van der Waals surface area contributed by atoms with Crippen LogP contribution >= 0.6 is 0 Å². The number of carbonyl (C=O) groups excluding carboxylic acids is 1. The van der Waals surface area contributed by atoms with Gasteiger partial charge in [-0.2, -0.15) is 0 Å². The van der Waals surface area contributed by atoms with Gasteiger partial charge in [-0.1, -0.05) is 0 Å². The first kappa shape index (κ1) is 19.3. The van der Waals surface area contributed by atoms with Crippen molar-refractivity contribution < 1.29 is 14.3 Å². The van der Waals surface area contributed by atoms with Crippen molar-refractivity contribution in [3.05, 3.63) is 35.7 Å². The van der Waals surface area contributed by atoms with Crippen LogP contribution in [-0.2, 0) is 9.53 Å². The van der Waals surface area contributed by atoms with Gasteiger partial charge < -0.3 is 9.47 Å². The first-order valence-electron chi connectivity index (χ1n) is 10.3.